The smallest absolute Gasteiger partial charge is 0.230 e. The Morgan fingerprint density at radius 2 is 2.00 bits per heavy atom. The highest BCUT2D eigenvalue weighted by atomic mass is 32.2. The van der Waals surface area contributed by atoms with Crippen molar-refractivity contribution in [2.45, 2.75) is 31.7 Å². The highest BCUT2D eigenvalue weighted by molar-refractivity contribution is 7.98. The molecule has 0 amide bonds. The SMILES string of the molecule is CSc1cccc(-n2ccc3nc(Nc4cc(C)ns4)nc(NC(C)C)c32)c1. The summed E-state index contributed by atoms with van der Waals surface area (Å²) in [5, 5.41) is 7.68. The van der Waals surface area contributed by atoms with Crippen molar-refractivity contribution in [1.29, 1.82) is 0 Å². The van der Waals surface area contributed by atoms with Gasteiger partial charge in [0.15, 0.2) is 5.82 Å². The minimum absolute atomic E-state index is 0.248. The molecule has 144 valence electrons. The predicted octanol–water partition coefficient (Wildman–Crippen LogP) is 5.47. The maximum atomic E-state index is 4.77. The zero-order chi connectivity index (χ0) is 19.7. The molecular weight excluding hydrogens is 388 g/mol. The van der Waals surface area contributed by atoms with E-state index in [-0.39, 0.29) is 6.04 Å². The highest BCUT2D eigenvalue weighted by Gasteiger charge is 2.15. The number of thioether (sulfide) groups is 1. The molecule has 4 rings (SSSR count). The summed E-state index contributed by atoms with van der Waals surface area (Å²) in [7, 11) is 0. The second-order valence-corrected chi connectivity index (χ2v) is 8.46. The molecule has 6 nitrogen and oxygen atoms in total. The topological polar surface area (TPSA) is 67.7 Å². The average molecular weight is 411 g/mol. The molecule has 0 aliphatic heterocycles. The molecule has 0 saturated heterocycles. The Balaban J connectivity index is 1.82. The van der Waals surface area contributed by atoms with Gasteiger partial charge >= 0.3 is 0 Å². The number of nitrogens with zero attached hydrogens (tertiary/aromatic N) is 4. The summed E-state index contributed by atoms with van der Waals surface area (Å²) in [6.45, 7) is 6.19. The molecule has 0 fully saturated rings. The number of hydrogen-bond donors (Lipinski definition) is 2. The minimum Gasteiger partial charge on any atom is -0.366 e. The Kier molecular flexibility index (Phi) is 5.23. The standard InChI is InChI=1S/C20H22N6S2/c1-12(2)21-19-18-16(22-20(24-19)23-17-10-13(3)25-28-17)8-9-26(18)14-6-5-7-15(11-14)27-4/h5-12H,1-4H3,(H2,21,22,23,24). The van der Waals surface area contributed by atoms with E-state index >= 15 is 0 Å². The molecule has 0 spiro atoms. The van der Waals surface area contributed by atoms with Crippen LogP contribution in [0.1, 0.15) is 19.5 Å². The number of aromatic nitrogens is 4. The molecule has 0 saturated carbocycles. The molecule has 3 heterocycles. The molecule has 0 aliphatic carbocycles. The molecule has 0 radical (unpaired) electrons. The second kappa shape index (κ2) is 7.81. The van der Waals surface area contributed by atoms with Gasteiger partial charge in [-0.1, -0.05) is 6.07 Å². The first-order chi connectivity index (χ1) is 13.5. The van der Waals surface area contributed by atoms with Gasteiger partial charge in [0.1, 0.15) is 10.5 Å². The van der Waals surface area contributed by atoms with Crippen LogP contribution in [0.5, 0.6) is 0 Å². The van der Waals surface area contributed by atoms with Crippen molar-refractivity contribution >= 4 is 51.1 Å². The highest BCUT2D eigenvalue weighted by Crippen LogP contribution is 2.30. The van der Waals surface area contributed by atoms with Crippen LogP contribution < -0.4 is 10.6 Å². The summed E-state index contributed by atoms with van der Waals surface area (Å²) in [5.41, 5.74) is 3.93. The zero-order valence-corrected chi connectivity index (χ0v) is 17.9. The van der Waals surface area contributed by atoms with Crippen LogP contribution in [0.25, 0.3) is 16.7 Å². The summed E-state index contributed by atoms with van der Waals surface area (Å²) < 4.78 is 6.45. The van der Waals surface area contributed by atoms with E-state index in [1.54, 1.807) is 11.8 Å². The Hall–Kier alpha value is -2.58. The lowest BCUT2D eigenvalue weighted by molar-refractivity contribution is 0.888. The van der Waals surface area contributed by atoms with Gasteiger partial charge in [-0.15, -0.1) is 11.8 Å². The fourth-order valence-corrected chi connectivity index (χ4v) is 4.09. The normalized spacial score (nSPS) is 11.3. The van der Waals surface area contributed by atoms with Crippen molar-refractivity contribution in [3.8, 4) is 5.69 Å². The van der Waals surface area contributed by atoms with Gasteiger partial charge in [0, 0.05) is 22.8 Å². The van der Waals surface area contributed by atoms with Crippen LogP contribution in [0, 0.1) is 6.92 Å². The zero-order valence-electron chi connectivity index (χ0n) is 16.2. The number of benzene rings is 1. The fourth-order valence-electron chi connectivity index (χ4n) is 2.98. The Labute approximate surface area is 172 Å². The maximum absolute atomic E-state index is 4.77. The molecule has 2 N–H and O–H groups in total. The Morgan fingerprint density at radius 3 is 2.71 bits per heavy atom. The molecule has 4 aromatic rings. The lowest BCUT2D eigenvalue weighted by atomic mass is 10.3. The van der Waals surface area contributed by atoms with Crippen LogP contribution in [0.4, 0.5) is 16.8 Å². The van der Waals surface area contributed by atoms with Crippen molar-refractivity contribution in [3.05, 3.63) is 48.3 Å². The summed E-state index contributed by atoms with van der Waals surface area (Å²) >= 11 is 3.14. The lowest BCUT2D eigenvalue weighted by Gasteiger charge is -2.15. The van der Waals surface area contributed by atoms with Crippen LogP contribution in [-0.4, -0.2) is 31.2 Å². The van der Waals surface area contributed by atoms with E-state index in [1.807, 2.05) is 25.3 Å². The molecule has 8 heteroatoms. The van der Waals surface area contributed by atoms with Crippen LogP contribution in [0.3, 0.4) is 0 Å². The molecule has 0 unspecified atom stereocenters. The van der Waals surface area contributed by atoms with Gasteiger partial charge < -0.3 is 15.2 Å². The predicted molar refractivity (Wildman–Crippen MR) is 120 cm³/mol. The van der Waals surface area contributed by atoms with Crippen LogP contribution in [-0.2, 0) is 0 Å². The number of nitrogens with one attached hydrogen (secondary N) is 2. The molecule has 0 atom stereocenters. The summed E-state index contributed by atoms with van der Waals surface area (Å²) in [4.78, 5) is 10.7. The quantitative estimate of drug-likeness (QED) is 0.411. The van der Waals surface area contributed by atoms with E-state index in [0.29, 0.717) is 5.95 Å². The molecule has 3 aromatic heterocycles. The second-order valence-electron chi connectivity index (χ2n) is 6.77. The van der Waals surface area contributed by atoms with Gasteiger partial charge in [-0.25, -0.2) is 4.98 Å². The van der Waals surface area contributed by atoms with E-state index in [1.165, 1.54) is 16.4 Å². The first kappa shape index (κ1) is 18.8. The van der Waals surface area contributed by atoms with Crippen molar-refractivity contribution < 1.29 is 0 Å². The van der Waals surface area contributed by atoms with Crippen molar-refractivity contribution in [3.63, 3.8) is 0 Å². The summed E-state index contributed by atoms with van der Waals surface area (Å²) in [6.07, 6.45) is 4.13. The van der Waals surface area contributed by atoms with Crippen LogP contribution >= 0.6 is 23.3 Å². The van der Waals surface area contributed by atoms with Gasteiger partial charge in [0.2, 0.25) is 5.95 Å². The third-order valence-electron chi connectivity index (χ3n) is 4.15. The molecule has 0 aliphatic rings. The first-order valence-electron chi connectivity index (χ1n) is 9.04. The molecular formula is C20H22N6S2. The largest absolute Gasteiger partial charge is 0.366 e. The third-order valence-corrected chi connectivity index (χ3v) is 5.67. The summed E-state index contributed by atoms with van der Waals surface area (Å²) in [5.74, 6) is 1.37. The average Bonchev–Trinajstić information content (AvgIpc) is 3.27. The number of anilines is 3. The lowest BCUT2D eigenvalue weighted by Crippen LogP contribution is -2.13. The van der Waals surface area contributed by atoms with Crippen molar-refractivity contribution in [2.75, 3.05) is 16.9 Å². The minimum atomic E-state index is 0.248. The third kappa shape index (κ3) is 3.83. The molecule has 1 aromatic carbocycles. The van der Waals surface area contributed by atoms with Crippen molar-refractivity contribution in [2.24, 2.45) is 0 Å². The molecule has 28 heavy (non-hydrogen) atoms. The fraction of sp³-hybridized carbons (Fsp3) is 0.250. The number of fused-ring (bicyclic) bond motifs is 1. The number of aryl methyl sites for hydroxylation is 1. The monoisotopic (exact) mass is 410 g/mol. The van der Waals surface area contributed by atoms with Gasteiger partial charge in [0.05, 0.1) is 11.2 Å². The summed E-state index contributed by atoms with van der Waals surface area (Å²) in [6, 6.07) is 12.7. The van der Waals surface area contributed by atoms with Gasteiger partial charge in [-0.3, -0.25) is 0 Å². The first-order valence-corrected chi connectivity index (χ1v) is 11.0. The maximum Gasteiger partial charge on any atom is 0.230 e. The van der Waals surface area contributed by atoms with E-state index in [2.05, 4.69) is 63.9 Å². The number of hydrogen-bond acceptors (Lipinski definition) is 7. The Morgan fingerprint density at radius 1 is 1.14 bits per heavy atom. The number of rotatable bonds is 6. The Bertz CT molecular complexity index is 1120. The van der Waals surface area contributed by atoms with E-state index in [0.717, 1.165) is 33.2 Å². The van der Waals surface area contributed by atoms with Crippen LogP contribution in [0.2, 0.25) is 0 Å². The van der Waals surface area contributed by atoms with Crippen molar-refractivity contribution in [1.82, 2.24) is 18.9 Å². The van der Waals surface area contributed by atoms with Gasteiger partial charge in [0.25, 0.3) is 0 Å². The molecule has 0 bridgehead atoms. The van der Waals surface area contributed by atoms with Gasteiger partial charge in [-0.05, 0) is 68.9 Å². The van der Waals surface area contributed by atoms with Gasteiger partial charge in [-0.2, -0.15) is 9.36 Å². The van der Waals surface area contributed by atoms with E-state index in [9.17, 15) is 0 Å². The van der Waals surface area contributed by atoms with E-state index < -0.39 is 0 Å². The van der Waals surface area contributed by atoms with E-state index in [4.69, 9.17) is 9.97 Å². The van der Waals surface area contributed by atoms with Crippen LogP contribution in [0.15, 0.2) is 47.5 Å².